The molecule has 1 aliphatic rings. The van der Waals surface area contributed by atoms with Gasteiger partial charge in [-0.2, -0.15) is 0 Å². The van der Waals surface area contributed by atoms with Gasteiger partial charge in [-0.05, 0) is 44.0 Å². The number of hydrogen-bond acceptors (Lipinski definition) is 3. The fourth-order valence-electron chi connectivity index (χ4n) is 3.85. The summed E-state index contributed by atoms with van der Waals surface area (Å²) in [5.74, 6) is 1.85. The van der Waals surface area contributed by atoms with E-state index in [-0.39, 0.29) is 12.3 Å². The average Bonchev–Trinajstić information content (AvgIpc) is 2.82. The van der Waals surface area contributed by atoms with E-state index in [1.807, 2.05) is 37.3 Å². The highest BCUT2D eigenvalue weighted by Crippen LogP contribution is 2.25. The topological polar surface area (TPSA) is 56.1 Å². The van der Waals surface area contributed by atoms with Crippen molar-refractivity contribution >= 4 is 22.6 Å². The molecule has 4 rings (SSSR count). The molecule has 5 nitrogen and oxygen atoms in total. The van der Waals surface area contributed by atoms with Gasteiger partial charge >= 0.3 is 0 Å². The summed E-state index contributed by atoms with van der Waals surface area (Å²) in [6.07, 6.45) is 4.98. The summed E-state index contributed by atoms with van der Waals surface area (Å²) in [5, 5.41) is 3.00. The maximum absolute atomic E-state index is 12.5. The largest absolute Gasteiger partial charge is 0.496 e. The quantitative estimate of drug-likeness (QED) is 0.753. The number of amides is 1. The van der Waals surface area contributed by atoms with Crippen LogP contribution in [0.5, 0.6) is 5.75 Å². The summed E-state index contributed by atoms with van der Waals surface area (Å²) in [6.45, 7) is 3.04. The Bertz CT molecular complexity index is 991. The van der Waals surface area contributed by atoms with Crippen molar-refractivity contribution < 1.29 is 9.53 Å². The van der Waals surface area contributed by atoms with E-state index in [1.165, 1.54) is 19.3 Å². The molecule has 0 saturated carbocycles. The minimum atomic E-state index is -0.0565. The van der Waals surface area contributed by atoms with Crippen molar-refractivity contribution in [1.29, 1.82) is 0 Å². The molecular weight excluding hydrogens is 338 g/mol. The Morgan fingerprint density at radius 2 is 2.07 bits per heavy atom. The predicted octanol–water partition coefficient (Wildman–Crippen LogP) is 4.26. The van der Waals surface area contributed by atoms with Crippen molar-refractivity contribution in [2.24, 2.45) is 0 Å². The highest BCUT2D eigenvalue weighted by atomic mass is 16.5. The van der Waals surface area contributed by atoms with Crippen LogP contribution in [0, 0.1) is 6.92 Å². The number of carbonyl (C=O) groups is 1. The fourth-order valence-corrected chi connectivity index (χ4v) is 3.85. The number of nitrogens with zero attached hydrogens (tertiary/aromatic N) is 2. The van der Waals surface area contributed by atoms with Gasteiger partial charge in [0.25, 0.3) is 0 Å². The number of aryl methyl sites for hydroxylation is 3. The summed E-state index contributed by atoms with van der Waals surface area (Å²) < 4.78 is 7.70. The second kappa shape index (κ2) is 7.43. The van der Waals surface area contributed by atoms with Crippen LogP contribution in [0.4, 0.5) is 5.69 Å². The van der Waals surface area contributed by atoms with E-state index in [1.54, 1.807) is 7.11 Å². The molecule has 27 heavy (non-hydrogen) atoms. The van der Waals surface area contributed by atoms with E-state index < -0.39 is 0 Å². The molecule has 0 radical (unpaired) electrons. The zero-order valence-electron chi connectivity index (χ0n) is 15.9. The molecule has 0 bridgehead atoms. The van der Waals surface area contributed by atoms with Crippen LogP contribution in [0.25, 0.3) is 11.0 Å². The van der Waals surface area contributed by atoms with Crippen molar-refractivity contribution in [3.05, 3.63) is 53.3 Å². The number of methoxy groups -OCH3 is 1. The Morgan fingerprint density at radius 3 is 2.93 bits per heavy atom. The number of hydrogen-bond donors (Lipinski definition) is 1. The molecule has 140 valence electrons. The predicted molar refractivity (Wildman–Crippen MR) is 107 cm³/mol. The Kier molecular flexibility index (Phi) is 4.84. The van der Waals surface area contributed by atoms with Crippen molar-refractivity contribution in [1.82, 2.24) is 9.55 Å². The third kappa shape index (κ3) is 3.68. The van der Waals surface area contributed by atoms with Gasteiger partial charge in [-0.1, -0.05) is 24.1 Å². The number of ether oxygens (including phenoxy) is 1. The Balaban J connectivity index is 1.53. The molecule has 1 aliphatic heterocycles. The maximum atomic E-state index is 12.5. The molecule has 1 aromatic heterocycles. The zero-order valence-corrected chi connectivity index (χ0v) is 15.9. The van der Waals surface area contributed by atoms with Crippen molar-refractivity contribution in [2.75, 3.05) is 12.4 Å². The van der Waals surface area contributed by atoms with Crippen LogP contribution in [0.2, 0.25) is 0 Å². The third-order valence-corrected chi connectivity index (χ3v) is 5.18. The second-order valence-electron chi connectivity index (χ2n) is 7.23. The van der Waals surface area contributed by atoms with Gasteiger partial charge in [0.1, 0.15) is 11.6 Å². The molecule has 2 aromatic carbocycles. The highest BCUT2D eigenvalue weighted by molar-refractivity contribution is 5.94. The SMILES string of the molecule is COc1ccc(C)cc1CC(=O)Nc1ccc2c(c1)nc1n2CCCCC1. The molecular formula is C22H25N3O2. The lowest BCUT2D eigenvalue weighted by atomic mass is 10.1. The number of imidazole rings is 1. The lowest BCUT2D eigenvalue weighted by molar-refractivity contribution is -0.115. The molecule has 0 saturated heterocycles. The van der Waals surface area contributed by atoms with Crippen LogP contribution < -0.4 is 10.1 Å². The molecule has 2 heterocycles. The smallest absolute Gasteiger partial charge is 0.228 e. The van der Waals surface area contributed by atoms with Crippen LogP contribution in [0.3, 0.4) is 0 Å². The summed E-state index contributed by atoms with van der Waals surface area (Å²) in [7, 11) is 1.63. The van der Waals surface area contributed by atoms with E-state index in [2.05, 4.69) is 16.0 Å². The van der Waals surface area contributed by atoms with Crippen molar-refractivity contribution in [3.8, 4) is 5.75 Å². The highest BCUT2D eigenvalue weighted by Gasteiger charge is 2.15. The Morgan fingerprint density at radius 1 is 1.19 bits per heavy atom. The minimum Gasteiger partial charge on any atom is -0.496 e. The first-order chi connectivity index (χ1) is 13.1. The number of anilines is 1. The number of rotatable bonds is 4. The van der Waals surface area contributed by atoms with E-state index in [4.69, 9.17) is 9.72 Å². The number of fused-ring (bicyclic) bond motifs is 3. The summed E-state index contributed by atoms with van der Waals surface area (Å²) in [6, 6.07) is 11.9. The molecule has 0 aliphatic carbocycles. The average molecular weight is 363 g/mol. The number of nitrogens with one attached hydrogen (secondary N) is 1. The van der Waals surface area contributed by atoms with Crippen LogP contribution in [-0.4, -0.2) is 22.6 Å². The Labute approximate surface area is 159 Å². The lowest BCUT2D eigenvalue weighted by Crippen LogP contribution is -2.15. The summed E-state index contributed by atoms with van der Waals surface area (Å²) in [4.78, 5) is 17.3. The van der Waals surface area contributed by atoms with E-state index in [0.29, 0.717) is 0 Å². The second-order valence-corrected chi connectivity index (χ2v) is 7.23. The first-order valence-electron chi connectivity index (χ1n) is 9.56. The minimum absolute atomic E-state index is 0.0565. The molecule has 1 amide bonds. The molecule has 1 N–H and O–H groups in total. The number of aromatic nitrogens is 2. The van der Waals surface area contributed by atoms with Gasteiger partial charge < -0.3 is 14.6 Å². The van der Waals surface area contributed by atoms with Gasteiger partial charge in [-0.15, -0.1) is 0 Å². The van der Waals surface area contributed by atoms with Gasteiger partial charge in [-0.25, -0.2) is 4.98 Å². The standard InChI is InChI=1S/C22H25N3O2/c1-15-7-10-20(27-2)16(12-15)13-22(26)23-17-8-9-19-18(14-17)24-21-6-4-3-5-11-25(19)21/h7-10,12,14H,3-6,11,13H2,1-2H3,(H,23,26). The Hall–Kier alpha value is -2.82. The fraction of sp³-hybridized carbons (Fsp3) is 0.364. The number of benzene rings is 2. The normalized spacial score (nSPS) is 13.9. The van der Waals surface area contributed by atoms with Crippen molar-refractivity contribution in [3.63, 3.8) is 0 Å². The van der Waals surface area contributed by atoms with E-state index in [0.717, 1.165) is 52.4 Å². The summed E-state index contributed by atoms with van der Waals surface area (Å²) in [5.41, 5.74) is 4.90. The molecule has 0 atom stereocenters. The third-order valence-electron chi connectivity index (χ3n) is 5.18. The van der Waals surface area contributed by atoms with Gasteiger partial charge in [0, 0.05) is 24.2 Å². The van der Waals surface area contributed by atoms with Crippen LogP contribution >= 0.6 is 0 Å². The van der Waals surface area contributed by atoms with E-state index >= 15 is 0 Å². The lowest BCUT2D eigenvalue weighted by Gasteiger charge is -2.10. The van der Waals surface area contributed by atoms with Crippen molar-refractivity contribution in [2.45, 2.75) is 45.6 Å². The van der Waals surface area contributed by atoms with Crippen LogP contribution in [-0.2, 0) is 24.2 Å². The van der Waals surface area contributed by atoms with Gasteiger partial charge in [0.15, 0.2) is 0 Å². The van der Waals surface area contributed by atoms with E-state index in [9.17, 15) is 4.79 Å². The molecule has 0 spiro atoms. The number of carbonyl (C=O) groups excluding carboxylic acids is 1. The van der Waals surface area contributed by atoms with Gasteiger partial charge in [-0.3, -0.25) is 4.79 Å². The molecule has 0 unspecified atom stereocenters. The molecule has 5 heteroatoms. The van der Waals surface area contributed by atoms with Gasteiger partial charge in [0.05, 0.1) is 24.6 Å². The first-order valence-corrected chi connectivity index (χ1v) is 9.56. The molecule has 0 fully saturated rings. The molecule has 3 aromatic rings. The first kappa shape index (κ1) is 17.6. The van der Waals surface area contributed by atoms with Crippen LogP contribution in [0.15, 0.2) is 36.4 Å². The monoisotopic (exact) mass is 363 g/mol. The van der Waals surface area contributed by atoms with Gasteiger partial charge in [0.2, 0.25) is 5.91 Å². The maximum Gasteiger partial charge on any atom is 0.228 e. The zero-order chi connectivity index (χ0) is 18.8. The van der Waals surface area contributed by atoms with Crippen LogP contribution in [0.1, 0.15) is 36.2 Å². The summed E-state index contributed by atoms with van der Waals surface area (Å²) >= 11 is 0.